The second-order valence-electron chi connectivity index (χ2n) is 7.60. The van der Waals surface area contributed by atoms with E-state index in [-0.39, 0.29) is 11.2 Å². The molecule has 1 fully saturated rings. The smallest absolute Gasteiger partial charge is 0.238 e. The molecule has 1 N–H and O–H groups in total. The maximum atomic E-state index is 12.7. The number of likely N-dealkylation sites (N-methyl/N-ethyl adjacent to an activating group) is 1. The van der Waals surface area contributed by atoms with E-state index in [1.54, 1.807) is 18.0 Å². The minimum Gasteiger partial charge on any atom is -0.351 e. The fraction of sp³-hybridized carbons (Fsp3) is 0.455. The van der Waals surface area contributed by atoms with Gasteiger partial charge in [0.05, 0.1) is 18.3 Å². The van der Waals surface area contributed by atoms with Gasteiger partial charge in [0.15, 0.2) is 5.82 Å². The van der Waals surface area contributed by atoms with Crippen LogP contribution in [0.1, 0.15) is 26.2 Å². The number of anilines is 2. The van der Waals surface area contributed by atoms with Gasteiger partial charge in [0, 0.05) is 41.9 Å². The zero-order valence-electron chi connectivity index (χ0n) is 17.5. The molecule has 30 heavy (non-hydrogen) atoms. The Labute approximate surface area is 182 Å². The topological polar surface area (TPSA) is 85.2 Å². The Hall–Kier alpha value is -2.63. The molecule has 1 aliphatic heterocycles. The summed E-state index contributed by atoms with van der Waals surface area (Å²) in [5, 5.41) is 20.3. The number of hydrogen-bond donors (Lipinski definition) is 1. The number of carbonyl (C=O) groups is 1. The molecular formula is C22H28N6OS. The number of benzene rings is 1. The molecule has 7 nitrogen and oxygen atoms in total. The quantitative estimate of drug-likeness (QED) is 0.618. The average molecular weight is 425 g/mol. The van der Waals surface area contributed by atoms with E-state index in [9.17, 15) is 4.79 Å². The lowest BCUT2D eigenvalue weighted by molar-refractivity contribution is -0.117. The van der Waals surface area contributed by atoms with Gasteiger partial charge < -0.3 is 10.2 Å². The summed E-state index contributed by atoms with van der Waals surface area (Å²) >= 11 is 1.61. The second kappa shape index (κ2) is 11.0. The van der Waals surface area contributed by atoms with Gasteiger partial charge in [-0.25, -0.2) is 0 Å². The molecule has 2 aromatic rings. The van der Waals surface area contributed by atoms with Crippen molar-refractivity contribution >= 4 is 29.2 Å². The molecule has 1 aliphatic rings. The molecule has 1 saturated heterocycles. The molecule has 0 aliphatic carbocycles. The van der Waals surface area contributed by atoms with Gasteiger partial charge in [0.2, 0.25) is 5.91 Å². The standard InChI is InChI=1S/C22H28N6OS/c1-17(11-12-23)30-20-9-4-3-8-19(20)25-22(29)16-27(2)15-18-7-6-14-28(18)21-10-5-13-24-26-21/h3-5,8-10,13,17-18H,6-7,11,14-16H2,1-2H3,(H,25,29). The summed E-state index contributed by atoms with van der Waals surface area (Å²) in [5.74, 6) is 0.859. The van der Waals surface area contributed by atoms with Gasteiger partial charge >= 0.3 is 0 Å². The molecule has 1 aromatic heterocycles. The lowest BCUT2D eigenvalue weighted by Crippen LogP contribution is -2.42. The van der Waals surface area contributed by atoms with Crippen molar-refractivity contribution in [1.82, 2.24) is 15.1 Å². The number of para-hydroxylation sites is 1. The zero-order valence-corrected chi connectivity index (χ0v) is 18.3. The molecule has 8 heteroatoms. The predicted octanol–water partition coefficient (Wildman–Crippen LogP) is 3.41. The number of nitrogens with zero attached hydrogens (tertiary/aromatic N) is 5. The van der Waals surface area contributed by atoms with Crippen molar-refractivity contribution in [2.75, 3.05) is 36.9 Å². The summed E-state index contributed by atoms with van der Waals surface area (Å²) in [7, 11) is 1.97. The van der Waals surface area contributed by atoms with E-state index in [0.717, 1.165) is 42.3 Å². The number of carbonyl (C=O) groups excluding carboxylic acids is 1. The van der Waals surface area contributed by atoms with Crippen LogP contribution in [0.5, 0.6) is 0 Å². The highest BCUT2D eigenvalue weighted by molar-refractivity contribution is 8.00. The third kappa shape index (κ3) is 6.18. The van der Waals surface area contributed by atoms with Crippen LogP contribution < -0.4 is 10.2 Å². The number of nitriles is 1. The van der Waals surface area contributed by atoms with Crippen LogP contribution in [0.3, 0.4) is 0 Å². The summed E-state index contributed by atoms with van der Waals surface area (Å²) in [6, 6.07) is 14.2. The summed E-state index contributed by atoms with van der Waals surface area (Å²) in [6.45, 7) is 4.09. The normalized spacial score (nSPS) is 17.0. The summed E-state index contributed by atoms with van der Waals surface area (Å²) in [4.78, 5) is 18.0. The molecule has 0 bridgehead atoms. The van der Waals surface area contributed by atoms with Crippen molar-refractivity contribution in [2.24, 2.45) is 0 Å². The van der Waals surface area contributed by atoms with Crippen LogP contribution in [0.25, 0.3) is 0 Å². The van der Waals surface area contributed by atoms with E-state index in [1.165, 1.54) is 0 Å². The van der Waals surface area contributed by atoms with E-state index in [0.29, 0.717) is 19.0 Å². The van der Waals surface area contributed by atoms with Crippen molar-refractivity contribution in [3.63, 3.8) is 0 Å². The summed E-state index contributed by atoms with van der Waals surface area (Å²) in [5.41, 5.74) is 0.799. The van der Waals surface area contributed by atoms with Crippen LogP contribution in [-0.4, -0.2) is 59.0 Å². The summed E-state index contributed by atoms with van der Waals surface area (Å²) in [6.07, 6.45) is 4.35. The molecule has 1 amide bonds. The first-order valence-electron chi connectivity index (χ1n) is 10.2. The third-order valence-corrected chi connectivity index (χ3v) is 6.21. The zero-order chi connectivity index (χ0) is 21.3. The number of amides is 1. The Morgan fingerprint density at radius 1 is 1.40 bits per heavy atom. The molecular weight excluding hydrogens is 396 g/mol. The Balaban J connectivity index is 1.55. The second-order valence-corrected chi connectivity index (χ2v) is 9.08. The lowest BCUT2D eigenvalue weighted by Gasteiger charge is -2.29. The van der Waals surface area contributed by atoms with Gasteiger partial charge in [-0.05, 0) is 44.2 Å². The molecule has 0 radical (unpaired) electrons. The Morgan fingerprint density at radius 3 is 3.00 bits per heavy atom. The largest absolute Gasteiger partial charge is 0.351 e. The van der Waals surface area contributed by atoms with Crippen molar-refractivity contribution in [3.05, 3.63) is 42.6 Å². The van der Waals surface area contributed by atoms with Crippen molar-refractivity contribution in [3.8, 4) is 6.07 Å². The fourth-order valence-corrected chi connectivity index (χ4v) is 4.69. The summed E-state index contributed by atoms with van der Waals surface area (Å²) < 4.78 is 0. The van der Waals surface area contributed by atoms with Crippen LogP contribution in [-0.2, 0) is 4.79 Å². The van der Waals surface area contributed by atoms with E-state index in [2.05, 4.69) is 31.4 Å². The Kier molecular flexibility index (Phi) is 8.05. The van der Waals surface area contributed by atoms with Crippen molar-refractivity contribution < 1.29 is 4.79 Å². The van der Waals surface area contributed by atoms with Crippen LogP contribution in [0, 0.1) is 11.3 Å². The van der Waals surface area contributed by atoms with Gasteiger partial charge in [-0.1, -0.05) is 19.1 Å². The number of nitrogens with one attached hydrogen (secondary N) is 1. The number of thioether (sulfide) groups is 1. The molecule has 0 spiro atoms. The Morgan fingerprint density at radius 2 is 2.23 bits per heavy atom. The number of hydrogen-bond acceptors (Lipinski definition) is 7. The van der Waals surface area contributed by atoms with E-state index >= 15 is 0 Å². The highest BCUT2D eigenvalue weighted by Gasteiger charge is 2.27. The molecule has 0 saturated carbocycles. The number of rotatable bonds is 9. The highest BCUT2D eigenvalue weighted by Crippen LogP contribution is 2.31. The first kappa shape index (κ1) is 22.1. The number of aromatic nitrogens is 2. The predicted molar refractivity (Wildman–Crippen MR) is 121 cm³/mol. The molecule has 2 heterocycles. The molecule has 158 valence electrons. The first-order valence-corrected chi connectivity index (χ1v) is 11.1. The van der Waals surface area contributed by atoms with Gasteiger partial charge in [-0.15, -0.1) is 16.9 Å². The molecule has 1 aromatic carbocycles. The van der Waals surface area contributed by atoms with Crippen LogP contribution in [0.15, 0.2) is 47.5 Å². The van der Waals surface area contributed by atoms with Crippen molar-refractivity contribution in [2.45, 2.75) is 42.4 Å². The SMILES string of the molecule is CC(CC#N)Sc1ccccc1NC(=O)CN(C)CC1CCCN1c1cccnn1. The Bertz CT molecular complexity index is 871. The average Bonchev–Trinajstić information content (AvgIpc) is 3.18. The van der Waals surface area contributed by atoms with E-state index < -0.39 is 0 Å². The monoisotopic (exact) mass is 424 g/mol. The molecule has 2 unspecified atom stereocenters. The van der Waals surface area contributed by atoms with Gasteiger partial charge in [0.25, 0.3) is 0 Å². The minimum absolute atomic E-state index is 0.0393. The maximum Gasteiger partial charge on any atom is 0.238 e. The third-order valence-electron chi connectivity index (χ3n) is 5.03. The minimum atomic E-state index is -0.0393. The molecule has 3 rings (SSSR count). The fourth-order valence-electron chi connectivity index (χ4n) is 3.69. The van der Waals surface area contributed by atoms with Crippen LogP contribution in [0.2, 0.25) is 0 Å². The van der Waals surface area contributed by atoms with Crippen LogP contribution in [0.4, 0.5) is 11.5 Å². The van der Waals surface area contributed by atoms with E-state index in [4.69, 9.17) is 5.26 Å². The van der Waals surface area contributed by atoms with Crippen molar-refractivity contribution in [1.29, 1.82) is 5.26 Å². The van der Waals surface area contributed by atoms with Gasteiger partial charge in [0.1, 0.15) is 0 Å². The van der Waals surface area contributed by atoms with Gasteiger partial charge in [-0.2, -0.15) is 10.4 Å². The highest BCUT2D eigenvalue weighted by atomic mass is 32.2. The van der Waals surface area contributed by atoms with Crippen LogP contribution >= 0.6 is 11.8 Å². The maximum absolute atomic E-state index is 12.7. The van der Waals surface area contributed by atoms with Gasteiger partial charge in [-0.3, -0.25) is 9.69 Å². The molecule has 2 atom stereocenters. The van der Waals surface area contributed by atoms with E-state index in [1.807, 2.05) is 50.4 Å². The lowest BCUT2D eigenvalue weighted by atomic mass is 10.2. The first-order chi connectivity index (χ1) is 14.6.